The highest BCUT2D eigenvalue weighted by Crippen LogP contribution is 2.38. The Hall–Kier alpha value is -4.11. The minimum absolute atomic E-state index is 0.00101. The highest BCUT2D eigenvalue weighted by Gasteiger charge is 2.34. The van der Waals surface area contributed by atoms with Gasteiger partial charge in [0.2, 0.25) is 0 Å². The first-order valence-electron chi connectivity index (χ1n) is 9.64. The molecule has 2 aliphatic rings. The van der Waals surface area contributed by atoms with E-state index in [0.29, 0.717) is 17.1 Å². The van der Waals surface area contributed by atoms with E-state index in [-0.39, 0.29) is 39.3 Å². The second-order valence-corrected chi connectivity index (χ2v) is 7.39. The Bertz CT molecular complexity index is 1280. The number of methoxy groups -OCH3 is 2. The molecule has 10 heteroatoms. The van der Waals surface area contributed by atoms with Crippen molar-refractivity contribution in [2.45, 2.75) is 6.92 Å². The summed E-state index contributed by atoms with van der Waals surface area (Å²) in [5.74, 6) is 0.0324. The molecule has 2 aromatic carbocycles. The van der Waals surface area contributed by atoms with Crippen LogP contribution in [0.2, 0.25) is 5.02 Å². The number of hydrogen-bond acceptors (Lipinski definition) is 7. The van der Waals surface area contributed by atoms with Crippen LogP contribution in [0.4, 0.5) is 0 Å². The van der Waals surface area contributed by atoms with E-state index in [1.807, 2.05) is 0 Å². The number of ether oxygens (including phenoxy) is 3. The van der Waals surface area contributed by atoms with Crippen molar-refractivity contribution in [1.82, 2.24) is 5.06 Å². The largest absolute Gasteiger partial charge is 0.497 e. The van der Waals surface area contributed by atoms with Gasteiger partial charge < -0.3 is 19.0 Å². The smallest absolute Gasteiger partial charge is 0.343 e. The number of aliphatic imine (C=N–C) groups is 1. The maximum atomic E-state index is 12.6. The topological polar surface area (TPSA) is 111 Å². The first kappa shape index (κ1) is 22.1. The molecule has 0 spiro atoms. The summed E-state index contributed by atoms with van der Waals surface area (Å²) in [6, 6.07) is 9.49. The zero-order valence-electron chi connectivity index (χ0n) is 17.8. The van der Waals surface area contributed by atoms with Crippen LogP contribution in [0.1, 0.15) is 22.8 Å². The molecular formula is C23H18ClN3O6. The summed E-state index contributed by atoms with van der Waals surface area (Å²) in [5, 5.41) is 9.55. The summed E-state index contributed by atoms with van der Waals surface area (Å²) >= 11 is 6.38. The van der Waals surface area contributed by atoms with E-state index in [4.69, 9.17) is 36.1 Å². The number of esters is 1. The quantitative estimate of drug-likeness (QED) is 0.401. The third-order valence-corrected chi connectivity index (χ3v) is 5.02. The van der Waals surface area contributed by atoms with E-state index in [0.717, 1.165) is 5.06 Å². The highest BCUT2D eigenvalue weighted by atomic mass is 35.5. The lowest BCUT2D eigenvalue weighted by Gasteiger charge is -2.23. The molecule has 33 heavy (non-hydrogen) atoms. The van der Waals surface area contributed by atoms with E-state index >= 15 is 0 Å². The number of amidine groups is 2. The number of nitrogens with one attached hydrogen (secondary N) is 1. The lowest BCUT2D eigenvalue weighted by molar-refractivity contribution is -0.114. The Morgan fingerprint density at radius 1 is 1.21 bits per heavy atom. The van der Waals surface area contributed by atoms with Crippen LogP contribution >= 0.6 is 11.6 Å². The molecule has 0 aromatic heterocycles. The fraction of sp³-hybridized carbons (Fsp3) is 0.130. The molecule has 9 nitrogen and oxygen atoms in total. The van der Waals surface area contributed by atoms with Gasteiger partial charge in [-0.05, 0) is 48.9 Å². The monoisotopic (exact) mass is 467 g/mol. The lowest BCUT2D eigenvalue weighted by Crippen LogP contribution is -2.38. The molecule has 0 atom stereocenters. The number of amides is 1. The molecule has 2 heterocycles. The number of hydroxylamine groups is 2. The number of halogens is 1. The van der Waals surface area contributed by atoms with Crippen molar-refractivity contribution in [3.63, 3.8) is 0 Å². The van der Waals surface area contributed by atoms with Crippen molar-refractivity contribution in [2.24, 2.45) is 4.99 Å². The van der Waals surface area contributed by atoms with Crippen molar-refractivity contribution >= 4 is 41.2 Å². The summed E-state index contributed by atoms with van der Waals surface area (Å²) in [6.07, 6.45) is 3.00. The Morgan fingerprint density at radius 3 is 2.73 bits per heavy atom. The summed E-state index contributed by atoms with van der Waals surface area (Å²) in [6.45, 7) is 1.69. The Labute approximate surface area is 193 Å². The van der Waals surface area contributed by atoms with Crippen LogP contribution in [0.3, 0.4) is 0 Å². The summed E-state index contributed by atoms with van der Waals surface area (Å²) in [5.41, 5.74) is 0.706. The second-order valence-electron chi connectivity index (χ2n) is 6.98. The van der Waals surface area contributed by atoms with E-state index in [1.54, 1.807) is 31.2 Å². The molecule has 168 valence electrons. The molecule has 2 aromatic rings. The van der Waals surface area contributed by atoms with E-state index in [9.17, 15) is 9.59 Å². The standard InChI is InChI=1S/C23H18ClN3O6/c1-12-7-19-26-22(28)16(21(25)27(19)33-12)8-13-9-17(24)20(18(10-13)31-3)32-23(29)14-5-4-6-15(11-14)30-2/h4-11,25H,1-3H3/b16-8+,25-21?. The normalized spacial score (nSPS) is 16.1. The molecule has 0 saturated heterocycles. The van der Waals surface area contributed by atoms with Gasteiger partial charge in [0.05, 0.1) is 30.4 Å². The van der Waals surface area contributed by atoms with Crippen LogP contribution in [0, 0.1) is 5.41 Å². The number of benzene rings is 2. The molecular weight excluding hydrogens is 450 g/mol. The molecule has 1 N–H and O–H groups in total. The van der Waals surface area contributed by atoms with Crippen molar-refractivity contribution < 1.29 is 28.6 Å². The molecule has 2 aliphatic heterocycles. The summed E-state index contributed by atoms with van der Waals surface area (Å²) in [4.78, 5) is 34.4. The Kier molecular flexibility index (Phi) is 5.89. The van der Waals surface area contributed by atoms with Gasteiger partial charge in [0.15, 0.2) is 23.2 Å². The van der Waals surface area contributed by atoms with Crippen molar-refractivity contribution in [2.75, 3.05) is 14.2 Å². The number of allylic oxidation sites excluding steroid dienone is 1. The van der Waals surface area contributed by atoms with Gasteiger partial charge in [-0.25, -0.2) is 4.79 Å². The molecule has 0 aliphatic carbocycles. The fourth-order valence-electron chi connectivity index (χ4n) is 3.19. The van der Waals surface area contributed by atoms with Crippen LogP contribution in [0.15, 0.2) is 58.8 Å². The average Bonchev–Trinajstić information content (AvgIpc) is 3.18. The minimum Gasteiger partial charge on any atom is -0.497 e. The van der Waals surface area contributed by atoms with Gasteiger partial charge in [-0.3, -0.25) is 10.2 Å². The first-order valence-corrected chi connectivity index (χ1v) is 10.0. The van der Waals surface area contributed by atoms with Crippen LogP contribution in [-0.4, -0.2) is 42.8 Å². The number of rotatable bonds is 5. The third-order valence-electron chi connectivity index (χ3n) is 4.74. The van der Waals surface area contributed by atoms with Gasteiger partial charge in [0.1, 0.15) is 11.5 Å². The number of nitrogens with zero attached hydrogens (tertiary/aromatic N) is 2. The van der Waals surface area contributed by atoms with Crippen LogP contribution in [0.5, 0.6) is 17.2 Å². The maximum Gasteiger partial charge on any atom is 0.343 e. The van der Waals surface area contributed by atoms with Crippen LogP contribution in [-0.2, 0) is 9.63 Å². The first-order chi connectivity index (χ1) is 15.8. The van der Waals surface area contributed by atoms with Crippen molar-refractivity contribution in [1.29, 1.82) is 5.41 Å². The van der Waals surface area contributed by atoms with E-state index in [2.05, 4.69) is 4.99 Å². The highest BCUT2D eigenvalue weighted by molar-refractivity contribution is 6.34. The van der Waals surface area contributed by atoms with Crippen molar-refractivity contribution in [3.8, 4) is 17.2 Å². The number of hydrogen-bond donors (Lipinski definition) is 1. The molecule has 4 rings (SSSR count). The van der Waals surface area contributed by atoms with Gasteiger partial charge >= 0.3 is 5.97 Å². The molecule has 0 radical (unpaired) electrons. The number of carbonyl (C=O) groups is 2. The van der Waals surface area contributed by atoms with Gasteiger partial charge in [-0.1, -0.05) is 17.7 Å². The lowest BCUT2D eigenvalue weighted by atomic mass is 10.1. The summed E-state index contributed by atoms with van der Waals surface area (Å²) < 4.78 is 15.9. The van der Waals surface area contributed by atoms with Gasteiger partial charge in [-0.15, -0.1) is 5.06 Å². The summed E-state index contributed by atoms with van der Waals surface area (Å²) in [7, 11) is 2.89. The molecule has 0 fully saturated rings. The maximum absolute atomic E-state index is 12.6. The predicted molar refractivity (Wildman–Crippen MR) is 121 cm³/mol. The third kappa shape index (κ3) is 4.31. The van der Waals surface area contributed by atoms with E-state index < -0.39 is 11.9 Å². The Morgan fingerprint density at radius 2 is 2.00 bits per heavy atom. The van der Waals surface area contributed by atoms with Crippen LogP contribution < -0.4 is 14.2 Å². The number of carbonyl (C=O) groups excluding carboxylic acids is 2. The number of fused-ring (bicyclic) bond motifs is 1. The Balaban J connectivity index is 1.64. The van der Waals surface area contributed by atoms with Crippen molar-refractivity contribution in [3.05, 3.63) is 70.0 Å². The zero-order chi connectivity index (χ0) is 23.7. The van der Waals surface area contributed by atoms with Gasteiger partial charge in [0.25, 0.3) is 5.91 Å². The van der Waals surface area contributed by atoms with Crippen LogP contribution in [0.25, 0.3) is 6.08 Å². The molecule has 0 bridgehead atoms. The molecule has 0 unspecified atom stereocenters. The molecule has 0 saturated carbocycles. The fourth-order valence-corrected chi connectivity index (χ4v) is 3.45. The van der Waals surface area contributed by atoms with Gasteiger partial charge in [-0.2, -0.15) is 4.99 Å². The minimum atomic E-state index is -0.652. The predicted octanol–water partition coefficient (Wildman–Crippen LogP) is 4.03. The van der Waals surface area contributed by atoms with Gasteiger partial charge in [0, 0.05) is 6.08 Å². The second kappa shape index (κ2) is 8.79. The SMILES string of the molecule is COc1cccc(C(=O)Oc2c(Cl)cc(/C=C3\C(=N)N4OC(C)=CC4=NC3=O)cc2OC)c1. The average molecular weight is 468 g/mol. The molecule has 1 amide bonds. The van der Waals surface area contributed by atoms with E-state index in [1.165, 1.54) is 38.5 Å². The zero-order valence-corrected chi connectivity index (χ0v) is 18.6.